The molecule has 0 aliphatic carbocycles. The van der Waals surface area contributed by atoms with Crippen molar-refractivity contribution in [2.45, 2.75) is 45.3 Å². The van der Waals surface area contributed by atoms with Crippen molar-refractivity contribution in [1.82, 2.24) is 10.2 Å². The fourth-order valence-corrected chi connectivity index (χ4v) is 3.50. The predicted molar refractivity (Wildman–Crippen MR) is 110 cm³/mol. The van der Waals surface area contributed by atoms with E-state index >= 15 is 0 Å². The van der Waals surface area contributed by atoms with Gasteiger partial charge in [0.1, 0.15) is 18.0 Å². The molecule has 0 radical (unpaired) electrons. The molecule has 1 aromatic rings. The number of nitrogens with one attached hydrogen (secondary N) is 1. The van der Waals surface area contributed by atoms with Gasteiger partial charge in [-0.05, 0) is 58.4 Å². The molecule has 1 atom stereocenters. The Morgan fingerprint density at radius 3 is 2.71 bits per heavy atom. The van der Waals surface area contributed by atoms with Crippen LogP contribution in [0.4, 0.5) is 4.79 Å². The maximum atomic E-state index is 12.0. The molecule has 8 heteroatoms. The van der Waals surface area contributed by atoms with Gasteiger partial charge in [-0.15, -0.1) is 0 Å². The Morgan fingerprint density at radius 2 is 2.04 bits per heavy atom. The number of hydrogen-bond acceptors (Lipinski definition) is 6. The lowest BCUT2D eigenvalue weighted by molar-refractivity contribution is 0.0467. The summed E-state index contributed by atoms with van der Waals surface area (Å²) >= 11 is 3.38. The summed E-state index contributed by atoms with van der Waals surface area (Å²) in [5, 5.41) is 2.95. The lowest BCUT2D eigenvalue weighted by Gasteiger charge is -2.33. The van der Waals surface area contributed by atoms with E-state index in [1.807, 2.05) is 26.8 Å². The maximum Gasteiger partial charge on any atom is 0.407 e. The first-order valence-corrected chi connectivity index (χ1v) is 10.2. The van der Waals surface area contributed by atoms with Gasteiger partial charge in [0, 0.05) is 23.6 Å². The number of hydrogen-bond donors (Lipinski definition) is 1. The van der Waals surface area contributed by atoms with Crippen LogP contribution in [0.2, 0.25) is 0 Å². The van der Waals surface area contributed by atoms with Gasteiger partial charge >= 0.3 is 12.1 Å². The van der Waals surface area contributed by atoms with Gasteiger partial charge in [-0.3, -0.25) is 4.90 Å². The normalized spacial score (nSPS) is 17.7. The molecule has 1 unspecified atom stereocenters. The highest BCUT2D eigenvalue weighted by molar-refractivity contribution is 9.10. The van der Waals surface area contributed by atoms with Crippen LogP contribution in [0.15, 0.2) is 22.7 Å². The molecule has 0 spiro atoms. The second-order valence-corrected chi connectivity index (χ2v) is 8.72. The van der Waals surface area contributed by atoms with Crippen molar-refractivity contribution in [3.8, 4) is 5.75 Å². The molecule has 1 fully saturated rings. The van der Waals surface area contributed by atoms with Crippen LogP contribution in [0.3, 0.4) is 0 Å². The lowest BCUT2D eigenvalue weighted by atomic mass is 10.1. The van der Waals surface area contributed by atoms with Crippen molar-refractivity contribution in [2.75, 3.05) is 33.4 Å². The van der Waals surface area contributed by atoms with E-state index in [2.05, 4.69) is 26.1 Å². The molecule has 1 aliphatic rings. The van der Waals surface area contributed by atoms with Crippen LogP contribution in [0.1, 0.15) is 44.0 Å². The summed E-state index contributed by atoms with van der Waals surface area (Å²) in [7, 11) is 1.35. The first-order chi connectivity index (χ1) is 13.2. The van der Waals surface area contributed by atoms with Crippen LogP contribution < -0.4 is 10.1 Å². The summed E-state index contributed by atoms with van der Waals surface area (Å²) in [6, 6.07) is 5.24. The Morgan fingerprint density at radius 1 is 1.29 bits per heavy atom. The van der Waals surface area contributed by atoms with Gasteiger partial charge in [-0.1, -0.05) is 15.9 Å². The van der Waals surface area contributed by atoms with Crippen molar-refractivity contribution in [1.29, 1.82) is 0 Å². The zero-order valence-corrected chi connectivity index (χ0v) is 18.5. The van der Waals surface area contributed by atoms with Crippen LogP contribution in [0.25, 0.3) is 0 Å². The van der Waals surface area contributed by atoms with E-state index < -0.39 is 11.6 Å². The van der Waals surface area contributed by atoms with Crippen molar-refractivity contribution < 1.29 is 23.8 Å². The molecular formula is C20H29BrN2O5. The first-order valence-electron chi connectivity index (χ1n) is 9.40. The van der Waals surface area contributed by atoms with Gasteiger partial charge in [0.05, 0.1) is 12.7 Å². The molecular weight excluding hydrogens is 428 g/mol. The minimum absolute atomic E-state index is 0.0698. The average molecular weight is 457 g/mol. The fraction of sp³-hybridized carbons (Fsp3) is 0.600. The summed E-state index contributed by atoms with van der Waals surface area (Å²) in [6.07, 6.45) is 1.56. The zero-order valence-electron chi connectivity index (χ0n) is 16.9. The number of carbonyl (C=O) groups is 2. The van der Waals surface area contributed by atoms with Gasteiger partial charge in [0.2, 0.25) is 0 Å². The molecule has 28 heavy (non-hydrogen) atoms. The third kappa shape index (κ3) is 7.67. The molecule has 0 bridgehead atoms. The number of piperidine rings is 1. The van der Waals surface area contributed by atoms with Crippen LogP contribution in [0, 0.1) is 0 Å². The van der Waals surface area contributed by atoms with Crippen molar-refractivity contribution in [3.05, 3.63) is 28.2 Å². The number of carbonyl (C=O) groups excluding carboxylic acids is 2. The van der Waals surface area contributed by atoms with Crippen LogP contribution >= 0.6 is 15.9 Å². The number of alkyl carbamates (subject to hydrolysis) is 1. The smallest absolute Gasteiger partial charge is 0.407 e. The number of benzene rings is 1. The van der Waals surface area contributed by atoms with E-state index in [1.54, 1.807) is 12.1 Å². The molecule has 1 amide bonds. The summed E-state index contributed by atoms with van der Waals surface area (Å²) in [5.74, 6) is 0.202. The number of esters is 1. The Labute approximate surface area is 174 Å². The molecule has 0 saturated carbocycles. The van der Waals surface area contributed by atoms with Gasteiger partial charge < -0.3 is 19.5 Å². The monoisotopic (exact) mass is 456 g/mol. The second-order valence-electron chi connectivity index (χ2n) is 7.80. The van der Waals surface area contributed by atoms with Crippen LogP contribution in [0.5, 0.6) is 5.75 Å². The van der Waals surface area contributed by atoms with E-state index in [4.69, 9.17) is 14.2 Å². The summed E-state index contributed by atoms with van der Waals surface area (Å²) in [6.45, 7) is 8.49. The molecule has 0 aromatic heterocycles. The number of halogens is 1. The van der Waals surface area contributed by atoms with E-state index in [-0.39, 0.29) is 12.1 Å². The molecule has 1 aliphatic heterocycles. The molecule has 1 aromatic carbocycles. The van der Waals surface area contributed by atoms with Crippen LogP contribution in [-0.2, 0) is 9.47 Å². The highest BCUT2D eigenvalue weighted by Gasteiger charge is 2.24. The van der Waals surface area contributed by atoms with E-state index in [0.717, 1.165) is 36.9 Å². The third-order valence-corrected chi connectivity index (χ3v) is 4.65. The summed E-state index contributed by atoms with van der Waals surface area (Å²) in [5.41, 5.74) is -0.0642. The minimum Gasteiger partial charge on any atom is -0.492 e. The van der Waals surface area contributed by atoms with Gasteiger partial charge in [0.25, 0.3) is 0 Å². The quantitative estimate of drug-likeness (QED) is 0.658. The zero-order chi connectivity index (χ0) is 20.7. The first kappa shape index (κ1) is 22.5. The number of nitrogens with zero attached hydrogens (tertiary/aromatic N) is 1. The van der Waals surface area contributed by atoms with Crippen molar-refractivity contribution in [2.24, 2.45) is 0 Å². The highest BCUT2D eigenvalue weighted by atomic mass is 79.9. The topological polar surface area (TPSA) is 77.1 Å². The van der Waals surface area contributed by atoms with E-state index in [9.17, 15) is 9.59 Å². The van der Waals surface area contributed by atoms with Gasteiger partial charge in [-0.2, -0.15) is 0 Å². The molecule has 2 rings (SSSR count). The Hall–Kier alpha value is -1.80. The standard InChI is InChI=1S/C20H29BrN2O5/c1-20(2,3)28-19(25)22-16-6-5-7-23(13-16)8-9-27-17-11-14(18(24)26-4)10-15(21)12-17/h10-12,16H,5-9,13H2,1-4H3,(H,22,25). The average Bonchev–Trinajstić information content (AvgIpc) is 2.59. The highest BCUT2D eigenvalue weighted by Crippen LogP contribution is 2.22. The largest absolute Gasteiger partial charge is 0.492 e. The SMILES string of the molecule is COC(=O)c1cc(Br)cc(OCCN2CCCC(NC(=O)OC(C)(C)C)C2)c1. The van der Waals surface area contributed by atoms with Crippen molar-refractivity contribution in [3.63, 3.8) is 0 Å². The molecule has 1 saturated heterocycles. The lowest BCUT2D eigenvalue weighted by Crippen LogP contribution is -2.49. The van der Waals surface area contributed by atoms with Gasteiger partial charge in [-0.25, -0.2) is 9.59 Å². The summed E-state index contributed by atoms with van der Waals surface area (Å²) in [4.78, 5) is 25.9. The maximum absolute atomic E-state index is 12.0. The van der Waals surface area contributed by atoms with Crippen LogP contribution in [-0.4, -0.2) is 62.0 Å². The Bertz CT molecular complexity index is 690. The number of ether oxygens (including phenoxy) is 3. The number of amides is 1. The van der Waals surface area contributed by atoms with Gasteiger partial charge in [0.15, 0.2) is 0 Å². The summed E-state index contributed by atoms with van der Waals surface area (Å²) < 4.78 is 16.7. The fourth-order valence-electron chi connectivity index (χ4n) is 3.03. The Kier molecular flexibility index (Phi) is 8.12. The Balaban J connectivity index is 1.81. The third-order valence-electron chi connectivity index (χ3n) is 4.20. The predicted octanol–water partition coefficient (Wildman–Crippen LogP) is 3.60. The van der Waals surface area contributed by atoms with E-state index in [1.165, 1.54) is 7.11 Å². The molecule has 156 valence electrons. The molecule has 1 heterocycles. The molecule has 1 N–H and O–H groups in total. The molecule has 7 nitrogen and oxygen atoms in total. The van der Waals surface area contributed by atoms with E-state index in [0.29, 0.717) is 17.9 Å². The minimum atomic E-state index is -0.501. The number of likely N-dealkylation sites (tertiary alicyclic amines) is 1. The number of rotatable bonds is 6. The second kappa shape index (κ2) is 10.1. The van der Waals surface area contributed by atoms with Crippen molar-refractivity contribution >= 4 is 28.0 Å². The number of methoxy groups -OCH3 is 1.